The van der Waals surface area contributed by atoms with E-state index >= 15 is 0 Å². The van der Waals surface area contributed by atoms with Gasteiger partial charge in [-0.2, -0.15) is 0 Å². The van der Waals surface area contributed by atoms with Crippen molar-refractivity contribution in [3.8, 4) is 0 Å². The maximum atomic E-state index is 10.5. The standard InChI is InChI=1S/C20H43N3O2/c1-2-3-4-5-6-7-8-9-10-11-16-23(17-12-14-21)18-13-15-22-19-20(24)25/h22H,2-19,21H2,1H3,(H,24,25). The van der Waals surface area contributed by atoms with Gasteiger partial charge >= 0.3 is 5.97 Å². The van der Waals surface area contributed by atoms with Crippen molar-refractivity contribution in [3.63, 3.8) is 0 Å². The Hall–Kier alpha value is -0.650. The molecule has 5 nitrogen and oxygen atoms in total. The van der Waals surface area contributed by atoms with E-state index in [1.807, 2.05) is 0 Å². The fourth-order valence-electron chi connectivity index (χ4n) is 3.10. The third-order valence-corrected chi connectivity index (χ3v) is 4.61. The maximum absolute atomic E-state index is 10.5. The van der Waals surface area contributed by atoms with Crippen molar-refractivity contribution in [3.05, 3.63) is 0 Å². The number of hydrogen-bond donors (Lipinski definition) is 3. The van der Waals surface area contributed by atoms with E-state index in [4.69, 9.17) is 10.8 Å². The van der Waals surface area contributed by atoms with Gasteiger partial charge in [-0.3, -0.25) is 4.79 Å². The molecule has 0 aliphatic carbocycles. The highest BCUT2D eigenvalue weighted by atomic mass is 16.4. The molecule has 0 aromatic carbocycles. The van der Waals surface area contributed by atoms with Crippen LogP contribution in [0.25, 0.3) is 0 Å². The predicted molar refractivity (Wildman–Crippen MR) is 107 cm³/mol. The summed E-state index contributed by atoms with van der Waals surface area (Å²) in [4.78, 5) is 13.0. The highest BCUT2D eigenvalue weighted by Crippen LogP contribution is 2.11. The molecule has 0 aliphatic rings. The van der Waals surface area contributed by atoms with Crippen LogP contribution in [-0.2, 0) is 4.79 Å². The minimum absolute atomic E-state index is 0.0568. The summed E-state index contributed by atoms with van der Waals surface area (Å²) >= 11 is 0. The first-order valence-electron chi connectivity index (χ1n) is 10.6. The smallest absolute Gasteiger partial charge is 0.317 e. The van der Waals surface area contributed by atoms with Gasteiger partial charge in [0.1, 0.15) is 0 Å². The Kier molecular flexibility index (Phi) is 19.2. The number of hydrogen-bond acceptors (Lipinski definition) is 4. The van der Waals surface area contributed by atoms with Gasteiger partial charge in [0.25, 0.3) is 0 Å². The van der Waals surface area contributed by atoms with Gasteiger partial charge in [-0.1, -0.05) is 64.7 Å². The Morgan fingerprint density at radius 1 is 0.840 bits per heavy atom. The fourth-order valence-corrected chi connectivity index (χ4v) is 3.10. The second-order valence-corrected chi connectivity index (χ2v) is 7.09. The molecule has 0 amide bonds. The van der Waals surface area contributed by atoms with Crippen molar-refractivity contribution in [1.82, 2.24) is 10.2 Å². The van der Waals surface area contributed by atoms with Crippen LogP contribution in [0.3, 0.4) is 0 Å². The van der Waals surface area contributed by atoms with Crippen LogP contribution in [0.2, 0.25) is 0 Å². The van der Waals surface area contributed by atoms with E-state index < -0.39 is 5.97 Å². The summed E-state index contributed by atoms with van der Waals surface area (Å²) in [5.41, 5.74) is 5.64. The minimum atomic E-state index is -0.787. The lowest BCUT2D eigenvalue weighted by molar-refractivity contribution is -0.135. The largest absolute Gasteiger partial charge is 0.480 e. The fraction of sp³-hybridized carbons (Fsp3) is 0.950. The van der Waals surface area contributed by atoms with Crippen molar-refractivity contribution in [2.75, 3.05) is 39.3 Å². The molecule has 0 aliphatic heterocycles. The van der Waals surface area contributed by atoms with Crippen molar-refractivity contribution < 1.29 is 9.90 Å². The summed E-state index contributed by atoms with van der Waals surface area (Å²) in [6.07, 6.45) is 15.7. The number of carboxylic acid groups (broad SMARTS) is 1. The molecule has 0 bridgehead atoms. The minimum Gasteiger partial charge on any atom is -0.480 e. The number of nitrogens with zero attached hydrogens (tertiary/aromatic N) is 1. The van der Waals surface area contributed by atoms with E-state index in [1.54, 1.807) is 0 Å². The van der Waals surface area contributed by atoms with Crippen LogP contribution in [0.1, 0.15) is 84.0 Å². The van der Waals surface area contributed by atoms with Gasteiger partial charge in [0, 0.05) is 0 Å². The highest BCUT2D eigenvalue weighted by Gasteiger charge is 2.04. The zero-order valence-corrected chi connectivity index (χ0v) is 16.6. The summed E-state index contributed by atoms with van der Waals surface area (Å²) in [7, 11) is 0. The number of nitrogens with one attached hydrogen (secondary N) is 1. The first kappa shape index (κ1) is 24.4. The average Bonchev–Trinajstić information content (AvgIpc) is 2.59. The summed E-state index contributed by atoms with van der Waals surface area (Å²) in [5, 5.41) is 11.6. The van der Waals surface area contributed by atoms with Gasteiger partial charge in [-0.25, -0.2) is 0 Å². The van der Waals surface area contributed by atoms with Crippen LogP contribution in [-0.4, -0.2) is 55.2 Å². The van der Waals surface area contributed by atoms with Gasteiger partial charge in [0.2, 0.25) is 0 Å². The normalized spacial score (nSPS) is 11.3. The molecule has 0 unspecified atom stereocenters. The number of nitrogens with two attached hydrogens (primary N) is 1. The lowest BCUT2D eigenvalue weighted by Gasteiger charge is -2.22. The predicted octanol–water partition coefficient (Wildman–Crippen LogP) is 3.62. The Morgan fingerprint density at radius 2 is 1.36 bits per heavy atom. The molecule has 0 rings (SSSR count). The van der Waals surface area contributed by atoms with Gasteiger partial charge in [0.05, 0.1) is 6.54 Å². The lowest BCUT2D eigenvalue weighted by atomic mass is 10.1. The number of unbranched alkanes of at least 4 members (excludes halogenated alkanes) is 9. The van der Waals surface area contributed by atoms with E-state index in [9.17, 15) is 4.79 Å². The van der Waals surface area contributed by atoms with Crippen LogP contribution in [0.5, 0.6) is 0 Å². The lowest BCUT2D eigenvalue weighted by Crippen LogP contribution is -2.31. The molecule has 25 heavy (non-hydrogen) atoms. The van der Waals surface area contributed by atoms with Gasteiger partial charge in [-0.15, -0.1) is 0 Å². The second kappa shape index (κ2) is 19.7. The number of aliphatic carboxylic acids is 1. The molecule has 0 heterocycles. The van der Waals surface area contributed by atoms with Gasteiger partial charge < -0.3 is 21.1 Å². The molecule has 0 saturated heterocycles. The Labute approximate surface area is 155 Å². The first-order valence-corrected chi connectivity index (χ1v) is 10.6. The zero-order chi connectivity index (χ0) is 18.6. The molecule has 0 saturated carbocycles. The van der Waals surface area contributed by atoms with Crippen LogP contribution in [0.15, 0.2) is 0 Å². The van der Waals surface area contributed by atoms with E-state index in [0.717, 1.165) is 45.6 Å². The highest BCUT2D eigenvalue weighted by molar-refractivity contribution is 5.68. The number of carbonyl (C=O) groups is 1. The van der Waals surface area contributed by atoms with E-state index in [0.29, 0.717) is 0 Å². The molecular formula is C20H43N3O2. The molecule has 0 radical (unpaired) electrons. The van der Waals surface area contributed by atoms with Crippen molar-refractivity contribution >= 4 is 5.97 Å². The summed E-state index contributed by atoms with van der Waals surface area (Å²) in [5.74, 6) is -0.787. The van der Waals surface area contributed by atoms with Crippen molar-refractivity contribution in [2.45, 2.75) is 84.0 Å². The van der Waals surface area contributed by atoms with E-state index in [1.165, 1.54) is 64.2 Å². The topological polar surface area (TPSA) is 78.6 Å². The SMILES string of the molecule is CCCCCCCCCCCCN(CCCN)CCCNCC(=O)O. The Morgan fingerprint density at radius 3 is 1.92 bits per heavy atom. The van der Waals surface area contributed by atoms with E-state index in [2.05, 4.69) is 17.1 Å². The molecule has 0 aromatic rings. The molecular weight excluding hydrogens is 314 g/mol. The van der Waals surface area contributed by atoms with Crippen LogP contribution < -0.4 is 11.1 Å². The molecule has 0 fully saturated rings. The van der Waals surface area contributed by atoms with Crippen LogP contribution in [0.4, 0.5) is 0 Å². The van der Waals surface area contributed by atoms with Crippen LogP contribution >= 0.6 is 0 Å². The molecule has 0 atom stereocenters. The monoisotopic (exact) mass is 357 g/mol. The molecule has 0 spiro atoms. The third-order valence-electron chi connectivity index (χ3n) is 4.61. The Balaban J connectivity index is 3.55. The van der Waals surface area contributed by atoms with E-state index in [-0.39, 0.29) is 6.54 Å². The zero-order valence-electron chi connectivity index (χ0n) is 16.6. The number of carboxylic acids is 1. The quantitative estimate of drug-likeness (QED) is 0.290. The third kappa shape index (κ3) is 19.5. The summed E-state index contributed by atoms with van der Waals surface area (Å²) in [6, 6.07) is 0. The molecule has 150 valence electrons. The van der Waals surface area contributed by atoms with Gasteiger partial charge in [0.15, 0.2) is 0 Å². The van der Waals surface area contributed by atoms with Gasteiger partial charge in [-0.05, 0) is 52.0 Å². The second-order valence-electron chi connectivity index (χ2n) is 7.09. The average molecular weight is 358 g/mol. The van der Waals surface area contributed by atoms with Crippen molar-refractivity contribution in [1.29, 1.82) is 0 Å². The molecule has 0 aromatic heterocycles. The first-order chi connectivity index (χ1) is 12.2. The summed E-state index contributed by atoms with van der Waals surface area (Å²) < 4.78 is 0. The molecule has 4 N–H and O–H groups in total. The Bertz CT molecular complexity index is 288. The van der Waals surface area contributed by atoms with Crippen molar-refractivity contribution in [2.24, 2.45) is 5.73 Å². The van der Waals surface area contributed by atoms with Crippen LogP contribution in [0, 0.1) is 0 Å². The maximum Gasteiger partial charge on any atom is 0.317 e. The summed E-state index contributed by atoms with van der Waals surface area (Å²) in [6.45, 7) is 7.08. The molecule has 5 heteroatoms. The number of rotatable bonds is 20.